The van der Waals surface area contributed by atoms with E-state index in [2.05, 4.69) is 4.99 Å². The van der Waals surface area contributed by atoms with Gasteiger partial charge in [-0.05, 0) is 37.3 Å². The van der Waals surface area contributed by atoms with Crippen LogP contribution < -0.4 is 10.9 Å². The molecule has 3 aromatic rings. The van der Waals surface area contributed by atoms with Gasteiger partial charge >= 0.3 is 5.63 Å². The van der Waals surface area contributed by atoms with Crippen LogP contribution in [-0.4, -0.2) is 10.9 Å². The van der Waals surface area contributed by atoms with Crippen molar-refractivity contribution in [2.75, 3.05) is 5.23 Å². The predicted molar refractivity (Wildman–Crippen MR) is 88.4 cm³/mol. The normalized spacial score (nSPS) is 11.7. The van der Waals surface area contributed by atoms with Crippen molar-refractivity contribution in [2.45, 2.75) is 6.92 Å². The molecule has 0 atom stereocenters. The van der Waals surface area contributed by atoms with Crippen LogP contribution >= 0.6 is 0 Å². The third-order valence-corrected chi connectivity index (χ3v) is 3.38. The summed E-state index contributed by atoms with van der Waals surface area (Å²) >= 11 is 0. The van der Waals surface area contributed by atoms with Gasteiger partial charge in [0, 0.05) is 5.39 Å². The summed E-state index contributed by atoms with van der Waals surface area (Å²) in [6, 6.07) is 15.1. The molecule has 0 saturated heterocycles. The zero-order valence-corrected chi connectivity index (χ0v) is 12.3. The number of nitrogens with zero attached hydrogens (tertiary/aromatic N) is 2. The highest BCUT2D eigenvalue weighted by molar-refractivity contribution is 6.01. The molecule has 1 aromatic heterocycles. The number of aliphatic imine (C=N–C) groups is 1. The number of hydrogen-bond acceptors (Lipinski definition) is 6. The Hall–Kier alpha value is -2.96. The Kier molecular flexibility index (Phi) is 3.92. The lowest BCUT2D eigenvalue weighted by Crippen LogP contribution is -2.12. The van der Waals surface area contributed by atoms with Crippen LogP contribution in [0, 0.1) is 5.21 Å². The van der Waals surface area contributed by atoms with E-state index in [9.17, 15) is 10.0 Å². The van der Waals surface area contributed by atoms with Gasteiger partial charge in [0.25, 0.3) is 0 Å². The Labute approximate surface area is 131 Å². The second kappa shape index (κ2) is 6.04. The van der Waals surface area contributed by atoms with Crippen molar-refractivity contribution in [1.29, 1.82) is 0 Å². The molecule has 0 aliphatic carbocycles. The van der Waals surface area contributed by atoms with E-state index in [1.54, 1.807) is 37.3 Å². The van der Waals surface area contributed by atoms with Crippen LogP contribution in [0.5, 0.6) is 0 Å². The second-order valence-electron chi connectivity index (χ2n) is 4.98. The molecule has 0 amide bonds. The third-order valence-electron chi connectivity index (χ3n) is 3.38. The highest BCUT2D eigenvalue weighted by atomic mass is 16.8. The fourth-order valence-electron chi connectivity index (χ4n) is 2.25. The quantitative estimate of drug-likeness (QED) is 0.453. The van der Waals surface area contributed by atoms with Crippen LogP contribution in [0.25, 0.3) is 11.0 Å². The summed E-state index contributed by atoms with van der Waals surface area (Å²) in [6.07, 6.45) is 0. The van der Waals surface area contributed by atoms with E-state index in [1.165, 1.54) is 12.1 Å². The molecule has 0 fully saturated rings. The van der Waals surface area contributed by atoms with E-state index in [0.717, 1.165) is 5.39 Å². The number of para-hydroxylation sites is 1. The largest absolute Gasteiger partial charge is 0.733 e. The number of rotatable bonds is 3. The molecule has 0 unspecified atom stereocenters. The van der Waals surface area contributed by atoms with Crippen LogP contribution in [0.3, 0.4) is 0 Å². The van der Waals surface area contributed by atoms with Crippen LogP contribution in [0.1, 0.15) is 12.5 Å². The molecule has 2 aromatic carbocycles. The van der Waals surface area contributed by atoms with E-state index in [-0.39, 0.29) is 10.9 Å². The standard InChI is InChI=1S/C17H13N2O4/c1-11(18-13-6-4-7-14(10-13)19(21)22)15-9-12-5-2-3-8-16(12)23-17(15)20/h2-10,21H,1H3/q-1. The van der Waals surface area contributed by atoms with Gasteiger partial charge in [-0.2, -0.15) is 0 Å². The molecular weight excluding hydrogens is 296 g/mol. The lowest BCUT2D eigenvalue weighted by molar-refractivity contribution is 0.296. The van der Waals surface area contributed by atoms with Gasteiger partial charge in [0.1, 0.15) is 5.58 Å². The van der Waals surface area contributed by atoms with E-state index in [1.807, 2.05) is 12.1 Å². The first-order chi connectivity index (χ1) is 11.0. The first-order valence-corrected chi connectivity index (χ1v) is 6.89. The topological polar surface area (TPSA) is 89.1 Å². The minimum Gasteiger partial charge on any atom is -0.733 e. The van der Waals surface area contributed by atoms with Crippen LogP contribution in [0.2, 0.25) is 0 Å². The molecule has 1 N–H and O–H groups in total. The smallest absolute Gasteiger partial charge is 0.345 e. The molecule has 6 heteroatoms. The first kappa shape index (κ1) is 15.0. The number of anilines is 1. The summed E-state index contributed by atoms with van der Waals surface area (Å²) in [6.45, 7) is 1.68. The number of hydrogen-bond donors (Lipinski definition) is 1. The summed E-state index contributed by atoms with van der Waals surface area (Å²) in [5.74, 6) is 0. The molecule has 1 heterocycles. The minimum atomic E-state index is -0.478. The zero-order chi connectivity index (χ0) is 16.4. The van der Waals surface area contributed by atoms with Crippen molar-refractivity contribution in [1.82, 2.24) is 0 Å². The van der Waals surface area contributed by atoms with Crippen molar-refractivity contribution in [3.05, 3.63) is 75.8 Å². The van der Waals surface area contributed by atoms with Crippen molar-refractivity contribution < 1.29 is 9.62 Å². The Bertz CT molecular complexity index is 944. The summed E-state index contributed by atoms with van der Waals surface area (Å²) in [7, 11) is 0. The van der Waals surface area contributed by atoms with Gasteiger partial charge in [0.2, 0.25) is 0 Å². The van der Waals surface area contributed by atoms with E-state index < -0.39 is 5.63 Å². The van der Waals surface area contributed by atoms with Gasteiger partial charge in [0.05, 0.1) is 22.6 Å². The van der Waals surface area contributed by atoms with Crippen molar-refractivity contribution in [3.63, 3.8) is 0 Å². The van der Waals surface area contributed by atoms with Crippen molar-refractivity contribution in [3.8, 4) is 0 Å². The number of fused-ring (bicyclic) bond motifs is 1. The Morgan fingerprint density at radius 1 is 1.17 bits per heavy atom. The van der Waals surface area contributed by atoms with Gasteiger partial charge in [-0.25, -0.2) is 4.79 Å². The fourth-order valence-corrected chi connectivity index (χ4v) is 2.25. The number of benzene rings is 2. The zero-order valence-electron chi connectivity index (χ0n) is 12.3. The Morgan fingerprint density at radius 2 is 1.96 bits per heavy atom. The molecule has 0 spiro atoms. The van der Waals surface area contributed by atoms with Gasteiger partial charge < -0.3 is 14.9 Å². The average Bonchev–Trinajstić information content (AvgIpc) is 2.54. The van der Waals surface area contributed by atoms with Crippen LogP contribution in [-0.2, 0) is 0 Å². The summed E-state index contributed by atoms with van der Waals surface area (Å²) in [5, 5.41) is 20.4. The maximum Gasteiger partial charge on any atom is 0.345 e. The SMILES string of the molecule is CC(=Nc1cccc(N([O-])O)c1)c1cc2ccccc2oc1=O. The molecule has 23 heavy (non-hydrogen) atoms. The fraction of sp³-hybridized carbons (Fsp3) is 0.0588. The maximum absolute atomic E-state index is 12.1. The highest BCUT2D eigenvalue weighted by Crippen LogP contribution is 2.21. The van der Waals surface area contributed by atoms with E-state index in [4.69, 9.17) is 9.62 Å². The van der Waals surface area contributed by atoms with E-state index in [0.29, 0.717) is 22.5 Å². The molecule has 0 aliphatic rings. The summed E-state index contributed by atoms with van der Waals surface area (Å²) in [5.41, 5.74) is 1.34. The summed E-state index contributed by atoms with van der Waals surface area (Å²) in [4.78, 5) is 16.4. The molecular formula is C17H13N2O4-. The minimum absolute atomic E-state index is 0.0598. The lowest BCUT2D eigenvalue weighted by Gasteiger charge is -2.21. The lowest BCUT2D eigenvalue weighted by atomic mass is 10.1. The predicted octanol–water partition coefficient (Wildman–Crippen LogP) is 3.63. The highest BCUT2D eigenvalue weighted by Gasteiger charge is 2.08. The van der Waals surface area contributed by atoms with Gasteiger partial charge in [-0.15, -0.1) is 0 Å². The van der Waals surface area contributed by atoms with Gasteiger partial charge in [-0.3, -0.25) is 10.2 Å². The third kappa shape index (κ3) is 3.13. The molecule has 6 nitrogen and oxygen atoms in total. The van der Waals surface area contributed by atoms with Crippen molar-refractivity contribution in [2.24, 2.45) is 4.99 Å². The molecule has 0 radical (unpaired) electrons. The maximum atomic E-state index is 12.1. The van der Waals surface area contributed by atoms with Gasteiger partial charge in [-0.1, -0.05) is 24.3 Å². The molecule has 0 saturated carbocycles. The Morgan fingerprint density at radius 3 is 2.74 bits per heavy atom. The molecule has 0 bridgehead atoms. The monoisotopic (exact) mass is 309 g/mol. The van der Waals surface area contributed by atoms with Crippen molar-refractivity contribution >= 4 is 28.1 Å². The summed E-state index contributed by atoms with van der Waals surface area (Å²) < 4.78 is 5.28. The Balaban J connectivity index is 2.06. The molecule has 3 rings (SSSR count). The molecule has 0 aliphatic heterocycles. The van der Waals surface area contributed by atoms with Gasteiger partial charge in [0.15, 0.2) is 0 Å². The average molecular weight is 309 g/mol. The van der Waals surface area contributed by atoms with E-state index >= 15 is 0 Å². The van der Waals surface area contributed by atoms with Crippen LogP contribution in [0.4, 0.5) is 11.4 Å². The second-order valence-corrected chi connectivity index (χ2v) is 4.98. The molecule has 116 valence electrons. The first-order valence-electron chi connectivity index (χ1n) is 6.89. The van der Waals surface area contributed by atoms with Crippen LogP contribution in [0.15, 0.2) is 68.8 Å².